The maximum atomic E-state index is 6.28. The van der Waals surface area contributed by atoms with Crippen molar-refractivity contribution in [1.29, 1.82) is 0 Å². The molecule has 2 fully saturated rings. The number of nitrogens with one attached hydrogen (secondary N) is 1. The molecule has 0 radical (unpaired) electrons. The van der Waals surface area contributed by atoms with Gasteiger partial charge in [-0.15, -0.1) is 0 Å². The van der Waals surface area contributed by atoms with Crippen LogP contribution in [-0.2, 0) is 11.5 Å². The van der Waals surface area contributed by atoms with Gasteiger partial charge >= 0.3 is 0 Å². The zero-order valence-electron chi connectivity index (χ0n) is 21.7. The van der Waals surface area contributed by atoms with Gasteiger partial charge in [-0.1, -0.05) is 19.6 Å². The van der Waals surface area contributed by atoms with Gasteiger partial charge in [0, 0.05) is 51.8 Å². The summed E-state index contributed by atoms with van der Waals surface area (Å²) in [6.07, 6.45) is 3.86. The summed E-state index contributed by atoms with van der Waals surface area (Å²) >= 11 is 0. The van der Waals surface area contributed by atoms with Crippen LogP contribution in [0.2, 0.25) is 25.7 Å². The summed E-state index contributed by atoms with van der Waals surface area (Å²) in [5.74, 6) is 1.82. The van der Waals surface area contributed by atoms with E-state index in [9.17, 15) is 0 Å². The fraction of sp³-hybridized carbons (Fsp3) is 0.577. The Morgan fingerprint density at radius 1 is 1.17 bits per heavy atom. The van der Waals surface area contributed by atoms with Crippen molar-refractivity contribution in [1.82, 2.24) is 25.1 Å². The van der Waals surface area contributed by atoms with Gasteiger partial charge in [-0.3, -0.25) is 0 Å². The summed E-state index contributed by atoms with van der Waals surface area (Å²) in [4.78, 5) is 11.6. The normalized spacial score (nSPS) is 19.8. The van der Waals surface area contributed by atoms with E-state index in [4.69, 9.17) is 14.6 Å². The molecule has 188 valence electrons. The molecule has 1 N–H and O–H groups in total. The maximum absolute atomic E-state index is 6.28. The smallest absolute Gasteiger partial charge is 0.140 e. The van der Waals surface area contributed by atoms with Crippen LogP contribution >= 0.6 is 0 Å². The van der Waals surface area contributed by atoms with E-state index in [0.717, 1.165) is 79.0 Å². The number of aromatic nitrogens is 4. The van der Waals surface area contributed by atoms with Crippen LogP contribution in [0.4, 0.5) is 5.82 Å². The minimum atomic E-state index is -1.16. The lowest BCUT2D eigenvalue weighted by Crippen LogP contribution is -2.49. The number of hydrogen-bond donors (Lipinski definition) is 1. The van der Waals surface area contributed by atoms with Crippen LogP contribution in [0, 0.1) is 0 Å². The maximum Gasteiger partial charge on any atom is 0.140 e. The number of benzene rings is 1. The second kappa shape index (κ2) is 9.52. The number of fused-ring (bicyclic) bond motifs is 1. The van der Waals surface area contributed by atoms with Crippen molar-refractivity contribution < 1.29 is 9.47 Å². The summed E-state index contributed by atoms with van der Waals surface area (Å²) in [6, 6.07) is 9.80. The molecule has 3 heterocycles. The third kappa shape index (κ3) is 5.84. The fourth-order valence-electron chi connectivity index (χ4n) is 4.42. The lowest BCUT2D eigenvalue weighted by atomic mass is 10.1. The second-order valence-electron chi connectivity index (χ2n) is 11.5. The van der Waals surface area contributed by atoms with E-state index in [2.05, 4.69) is 65.8 Å². The molecule has 1 saturated carbocycles. The minimum Gasteiger partial charge on any atom is -0.488 e. The van der Waals surface area contributed by atoms with Crippen LogP contribution < -0.4 is 15.0 Å². The van der Waals surface area contributed by atoms with Gasteiger partial charge in [0.05, 0.1) is 16.9 Å². The SMILES string of the molecule is C[C@H]1CN(c2cc(-c3c4cc(OC5(C)CC5)ccc4nn3COCC[Si](C)(C)C)ncn2)CCN1. The molecule has 5 rings (SSSR count). The van der Waals surface area contributed by atoms with E-state index in [-0.39, 0.29) is 5.60 Å². The topological polar surface area (TPSA) is 77.3 Å². The highest BCUT2D eigenvalue weighted by atomic mass is 28.3. The number of piperazine rings is 1. The van der Waals surface area contributed by atoms with E-state index >= 15 is 0 Å². The third-order valence-electron chi connectivity index (χ3n) is 6.83. The molecule has 2 aromatic heterocycles. The van der Waals surface area contributed by atoms with Crippen molar-refractivity contribution in [3.8, 4) is 17.1 Å². The first-order valence-electron chi connectivity index (χ1n) is 12.8. The molecular weight excluding hydrogens is 456 g/mol. The number of ether oxygens (including phenoxy) is 2. The molecule has 0 bridgehead atoms. The Labute approximate surface area is 209 Å². The minimum absolute atomic E-state index is 0.0368. The Morgan fingerprint density at radius 3 is 2.74 bits per heavy atom. The molecule has 3 aromatic rings. The van der Waals surface area contributed by atoms with Gasteiger partial charge in [0.15, 0.2) is 0 Å². The van der Waals surface area contributed by atoms with Gasteiger partial charge in [0.1, 0.15) is 30.2 Å². The first kappa shape index (κ1) is 24.2. The first-order valence-corrected chi connectivity index (χ1v) is 16.5. The summed E-state index contributed by atoms with van der Waals surface area (Å²) < 4.78 is 14.3. The molecule has 0 amide bonds. The van der Waals surface area contributed by atoms with Gasteiger partial charge < -0.3 is 19.7 Å². The molecule has 1 aliphatic heterocycles. The Kier molecular flexibility index (Phi) is 6.58. The van der Waals surface area contributed by atoms with Crippen LogP contribution in [-0.4, -0.2) is 65.7 Å². The average molecular weight is 495 g/mol. The molecule has 0 unspecified atom stereocenters. The van der Waals surface area contributed by atoms with Crippen LogP contribution in [0.5, 0.6) is 5.75 Å². The molecule has 1 aromatic carbocycles. The number of rotatable bonds is 9. The summed E-state index contributed by atoms with van der Waals surface area (Å²) in [7, 11) is -1.16. The number of hydrogen-bond acceptors (Lipinski definition) is 7. The predicted molar refractivity (Wildman–Crippen MR) is 143 cm³/mol. The molecule has 9 heteroatoms. The lowest BCUT2D eigenvalue weighted by molar-refractivity contribution is 0.0802. The first-order chi connectivity index (χ1) is 16.7. The highest BCUT2D eigenvalue weighted by Gasteiger charge is 2.40. The van der Waals surface area contributed by atoms with Crippen molar-refractivity contribution in [2.45, 2.75) is 70.7 Å². The fourth-order valence-corrected chi connectivity index (χ4v) is 5.18. The van der Waals surface area contributed by atoms with E-state index < -0.39 is 8.07 Å². The van der Waals surface area contributed by atoms with Crippen molar-refractivity contribution >= 4 is 24.8 Å². The molecule has 1 atom stereocenters. The predicted octanol–water partition coefficient (Wildman–Crippen LogP) is 4.54. The van der Waals surface area contributed by atoms with Crippen LogP contribution in [0.1, 0.15) is 26.7 Å². The summed E-state index contributed by atoms with van der Waals surface area (Å²) in [5.41, 5.74) is 2.68. The average Bonchev–Trinajstić information content (AvgIpc) is 3.42. The lowest BCUT2D eigenvalue weighted by Gasteiger charge is -2.32. The van der Waals surface area contributed by atoms with Crippen molar-refractivity contribution in [3.63, 3.8) is 0 Å². The molecule has 1 aliphatic carbocycles. The van der Waals surface area contributed by atoms with Crippen LogP contribution in [0.3, 0.4) is 0 Å². The van der Waals surface area contributed by atoms with Crippen molar-refractivity contribution in [3.05, 3.63) is 30.6 Å². The van der Waals surface area contributed by atoms with Gasteiger partial charge in [-0.2, -0.15) is 5.10 Å². The molecule has 0 spiro atoms. The third-order valence-corrected chi connectivity index (χ3v) is 8.53. The highest BCUT2D eigenvalue weighted by molar-refractivity contribution is 6.76. The molecule has 35 heavy (non-hydrogen) atoms. The van der Waals surface area contributed by atoms with Crippen molar-refractivity contribution in [2.75, 3.05) is 31.1 Å². The van der Waals surface area contributed by atoms with E-state index in [1.54, 1.807) is 6.33 Å². The zero-order chi connectivity index (χ0) is 24.6. The van der Waals surface area contributed by atoms with Crippen molar-refractivity contribution in [2.24, 2.45) is 0 Å². The van der Waals surface area contributed by atoms with Crippen LogP contribution in [0.25, 0.3) is 22.3 Å². The van der Waals surface area contributed by atoms with E-state index in [1.165, 1.54) is 0 Å². The second-order valence-corrected chi connectivity index (χ2v) is 17.1. The van der Waals surface area contributed by atoms with Gasteiger partial charge in [-0.25, -0.2) is 14.6 Å². The Morgan fingerprint density at radius 2 is 2.00 bits per heavy atom. The largest absolute Gasteiger partial charge is 0.488 e. The van der Waals surface area contributed by atoms with Gasteiger partial charge in [0.25, 0.3) is 0 Å². The molecule has 8 nitrogen and oxygen atoms in total. The quantitative estimate of drug-likeness (QED) is 0.346. The monoisotopic (exact) mass is 494 g/mol. The molecular formula is C26H38N6O2Si. The van der Waals surface area contributed by atoms with Crippen LogP contribution in [0.15, 0.2) is 30.6 Å². The summed E-state index contributed by atoms with van der Waals surface area (Å²) in [5, 5.41) is 9.42. The number of anilines is 1. The summed E-state index contributed by atoms with van der Waals surface area (Å²) in [6.45, 7) is 15.4. The number of nitrogens with zero attached hydrogens (tertiary/aromatic N) is 5. The standard InChI is InChI=1S/C26H38N6O2Si/c1-19-16-31(11-10-27-19)24-15-23(28-17-29-24)25-21-14-20(34-26(2)8-9-26)6-7-22(21)30-32(25)18-33-12-13-35(3,4)5/h6-7,14-15,17,19,27H,8-13,16,18H2,1-5H3/t19-/m0/s1. The Balaban J connectivity index is 1.49. The molecule has 1 saturated heterocycles. The van der Waals surface area contributed by atoms with E-state index in [0.29, 0.717) is 12.8 Å². The van der Waals surface area contributed by atoms with E-state index in [1.807, 2.05) is 16.8 Å². The molecule has 2 aliphatic rings. The van der Waals surface area contributed by atoms with Gasteiger partial charge in [0.2, 0.25) is 0 Å². The Bertz CT molecular complexity index is 1190. The zero-order valence-corrected chi connectivity index (χ0v) is 22.7. The highest BCUT2D eigenvalue weighted by Crippen LogP contribution is 2.41. The van der Waals surface area contributed by atoms with Gasteiger partial charge in [-0.05, 0) is 50.9 Å². The Hall–Kier alpha value is -2.49.